The van der Waals surface area contributed by atoms with Crippen molar-refractivity contribution in [3.63, 3.8) is 0 Å². The second-order valence-corrected chi connectivity index (χ2v) is 6.90. The SMILES string of the molecule is CCn1cc(S(=O)(=O)NC2CCN(CC#N)CC2)nc1C. The number of piperidine rings is 1. The van der Waals surface area contributed by atoms with E-state index in [1.165, 1.54) is 0 Å². The average Bonchev–Trinajstić information content (AvgIpc) is 2.83. The zero-order chi connectivity index (χ0) is 15.5. The maximum Gasteiger partial charge on any atom is 0.259 e. The van der Waals surface area contributed by atoms with Gasteiger partial charge in [0.05, 0.1) is 12.6 Å². The summed E-state index contributed by atoms with van der Waals surface area (Å²) in [6, 6.07) is 2.03. The van der Waals surface area contributed by atoms with Gasteiger partial charge in [-0.2, -0.15) is 5.26 Å². The zero-order valence-corrected chi connectivity index (χ0v) is 13.2. The summed E-state index contributed by atoms with van der Waals surface area (Å²) in [5.41, 5.74) is 0. The van der Waals surface area contributed by atoms with Crippen molar-refractivity contribution in [2.24, 2.45) is 0 Å². The number of imidazole rings is 1. The van der Waals surface area contributed by atoms with Crippen LogP contribution in [0.1, 0.15) is 25.6 Å². The predicted molar refractivity (Wildman–Crippen MR) is 78.0 cm³/mol. The Balaban J connectivity index is 2.00. The molecule has 7 nitrogen and oxygen atoms in total. The molecule has 0 amide bonds. The second kappa shape index (κ2) is 6.56. The fraction of sp³-hybridized carbons (Fsp3) is 0.692. The summed E-state index contributed by atoms with van der Waals surface area (Å²) < 4.78 is 29.2. The van der Waals surface area contributed by atoms with E-state index >= 15 is 0 Å². The van der Waals surface area contributed by atoms with Gasteiger partial charge in [-0.3, -0.25) is 4.90 Å². The summed E-state index contributed by atoms with van der Waals surface area (Å²) in [6.45, 7) is 6.32. The lowest BCUT2D eigenvalue weighted by Gasteiger charge is -2.30. The van der Waals surface area contributed by atoms with Crippen LogP contribution < -0.4 is 4.72 Å². The number of nitriles is 1. The largest absolute Gasteiger partial charge is 0.334 e. The van der Waals surface area contributed by atoms with Gasteiger partial charge in [0.2, 0.25) is 0 Å². The third-order valence-corrected chi connectivity index (χ3v) is 5.16. The number of aromatic nitrogens is 2. The van der Waals surface area contributed by atoms with Gasteiger partial charge in [0.25, 0.3) is 10.0 Å². The van der Waals surface area contributed by atoms with E-state index in [-0.39, 0.29) is 11.1 Å². The number of likely N-dealkylation sites (tertiary alicyclic amines) is 1. The molecule has 21 heavy (non-hydrogen) atoms. The first kappa shape index (κ1) is 15.9. The normalized spacial score (nSPS) is 17.8. The van der Waals surface area contributed by atoms with Crippen molar-refractivity contribution in [1.29, 1.82) is 5.26 Å². The summed E-state index contributed by atoms with van der Waals surface area (Å²) in [5.74, 6) is 0.696. The minimum Gasteiger partial charge on any atom is -0.334 e. The molecule has 0 aliphatic carbocycles. The Morgan fingerprint density at radius 3 is 2.67 bits per heavy atom. The lowest BCUT2D eigenvalue weighted by Crippen LogP contribution is -2.44. The molecule has 1 saturated heterocycles. The van der Waals surface area contributed by atoms with E-state index in [0.29, 0.717) is 31.8 Å². The fourth-order valence-electron chi connectivity index (χ4n) is 2.52. The molecule has 0 spiro atoms. The van der Waals surface area contributed by atoms with Crippen LogP contribution in [0.15, 0.2) is 11.2 Å². The monoisotopic (exact) mass is 311 g/mol. The molecule has 116 valence electrons. The molecule has 8 heteroatoms. The van der Waals surface area contributed by atoms with Gasteiger partial charge in [0.1, 0.15) is 5.82 Å². The summed E-state index contributed by atoms with van der Waals surface area (Å²) in [5, 5.41) is 8.74. The second-order valence-electron chi connectivity index (χ2n) is 5.24. The highest BCUT2D eigenvalue weighted by Crippen LogP contribution is 2.14. The maximum absolute atomic E-state index is 12.3. The van der Waals surface area contributed by atoms with E-state index in [0.717, 1.165) is 13.1 Å². The number of sulfonamides is 1. The van der Waals surface area contributed by atoms with E-state index in [1.807, 2.05) is 16.4 Å². The molecule has 1 fully saturated rings. The Hall–Kier alpha value is -1.43. The first-order valence-corrected chi connectivity index (χ1v) is 8.60. The summed E-state index contributed by atoms with van der Waals surface area (Å²) in [7, 11) is -3.57. The summed E-state index contributed by atoms with van der Waals surface area (Å²) >= 11 is 0. The van der Waals surface area contributed by atoms with Gasteiger partial charge in [0.15, 0.2) is 5.03 Å². The van der Waals surface area contributed by atoms with Crippen LogP contribution in [0.3, 0.4) is 0 Å². The van der Waals surface area contributed by atoms with Crippen molar-refractivity contribution in [3.8, 4) is 6.07 Å². The highest BCUT2D eigenvalue weighted by atomic mass is 32.2. The Morgan fingerprint density at radius 2 is 2.14 bits per heavy atom. The number of hydrogen-bond donors (Lipinski definition) is 1. The van der Waals surface area contributed by atoms with Crippen LogP contribution in [0.25, 0.3) is 0 Å². The van der Waals surface area contributed by atoms with Gasteiger partial charge >= 0.3 is 0 Å². The van der Waals surface area contributed by atoms with Crippen LogP contribution in [-0.2, 0) is 16.6 Å². The predicted octanol–water partition coefficient (Wildman–Crippen LogP) is 0.478. The number of aryl methyl sites for hydroxylation is 2. The average molecular weight is 311 g/mol. The highest BCUT2D eigenvalue weighted by Gasteiger charge is 2.26. The van der Waals surface area contributed by atoms with Crippen molar-refractivity contribution < 1.29 is 8.42 Å². The Bertz CT molecular complexity index is 623. The molecule has 1 aliphatic heterocycles. The van der Waals surface area contributed by atoms with Gasteiger partial charge in [-0.15, -0.1) is 0 Å². The Kier molecular flexibility index (Phi) is 4.98. The lowest BCUT2D eigenvalue weighted by molar-refractivity contribution is 0.229. The van der Waals surface area contributed by atoms with Crippen molar-refractivity contribution in [2.45, 2.75) is 44.3 Å². The van der Waals surface area contributed by atoms with E-state index in [9.17, 15) is 8.42 Å². The molecule has 0 radical (unpaired) electrons. The van der Waals surface area contributed by atoms with Crippen LogP contribution in [0.2, 0.25) is 0 Å². The van der Waals surface area contributed by atoms with Crippen molar-refractivity contribution in [2.75, 3.05) is 19.6 Å². The number of hydrogen-bond acceptors (Lipinski definition) is 5. The third-order valence-electron chi connectivity index (χ3n) is 3.77. The van der Waals surface area contributed by atoms with Crippen LogP contribution in [0.5, 0.6) is 0 Å². The molecule has 1 aromatic heterocycles. The molecular weight excluding hydrogens is 290 g/mol. The summed E-state index contributed by atoms with van der Waals surface area (Å²) in [6.07, 6.45) is 3.01. The van der Waals surface area contributed by atoms with Crippen LogP contribution >= 0.6 is 0 Å². The van der Waals surface area contributed by atoms with E-state index in [2.05, 4.69) is 15.8 Å². The minimum absolute atomic E-state index is 0.0845. The van der Waals surface area contributed by atoms with E-state index in [1.54, 1.807) is 13.1 Å². The smallest absolute Gasteiger partial charge is 0.259 e. The van der Waals surface area contributed by atoms with Gasteiger partial charge in [0, 0.05) is 31.9 Å². The molecule has 0 aromatic carbocycles. The first-order valence-electron chi connectivity index (χ1n) is 7.11. The van der Waals surface area contributed by atoms with Gasteiger partial charge in [-0.1, -0.05) is 0 Å². The van der Waals surface area contributed by atoms with Crippen molar-refractivity contribution in [1.82, 2.24) is 19.2 Å². The van der Waals surface area contributed by atoms with Gasteiger partial charge in [-0.05, 0) is 26.7 Å². The molecule has 1 N–H and O–H groups in total. The maximum atomic E-state index is 12.3. The van der Waals surface area contributed by atoms with Crippen LogP contribution in [-0.4, -0.2) is 48.5 Å². The topological polar surface area (TPSA) is 91.0 Å². The first-order chi connectivity index (χ1) is 9.96. The Morgan fingerprint density at radius 1 is 1.48 bits per heavy atom. The van der Waals surface area contributed by atoms with E-state index in [4.69, 9.17) is 5.26 Å². The highest BCUT2D eigenvalue weighted by molar-refractivity contribution is 7.89. The molecular formula is C13H21N5O2S. The molecule has 1 aliphatic rings. The quantitative estimate of drug-likeness (QED) is 0.799. The number of nitrogens with zero attached hydrogens (tertiary/aromatic N) is 4. The zero-order valence-electron chi connectivity index (χ0n) is 12.4. The molecule has 0 saturated carbocycles. The van der Waals surface area contributed by atoms with Gasteiger partial charge < -0.3 is 4.57 Å². The van der Waals surface area contributed by atoms with E-state index < -0.39 is 10.0 Å². The molecule has 0 unspecified atom stereocenters. The van der Waals surface area contributed by atoms with Crippen molar-refractivity contribution in [3.05, 3.63) is 12.0 Å². The molecule has 2 heterocycles. The number of rotatable bonds is 5. The molecule has 0 bridgehead atoms. The number of nitrogens with one attached hydrogen (secondary N) is 1. The van der Waals surface area contributed by atoms with Crippen LogP contribution in [0, 0.1) is 18.3 Å². The molecule has 2 rings (SSSR count). The molecule has 0 atom stereocenters. The minimum atomic E-state index is -3.57. The molecule has 1 aromatic rings. The van der Waals surface area contributed by atoms with Gasteiger partial charge in [-0.25, -0.2) is 18.1 Å². The fourth-order valence-corrected chi connectivity index (χ4v) is 3.83. The third kappa shape index (κ3) is 3.81. The standard InChI is InChI=1S/C13H21N5O2S/c1-3-18-10-13(15-11(18)2)21(19,20)16-12-4-7-17(8-5-12)9-6-14/h10,12,16H,3-5,7-9H2,1-2H3. The lowest BCUT2D eigenvalue weighted by atomic mass is 10.1. The Labute approximate surface area is 125 Å². The van der Waals surface area contributed by atoms with Crippen LogP contribution in [0.4, 0.5) is 0 Å². The summed E-state index contributed by atoms with van der Waals surface area (Å²) in [4.78, 5) is 6.15. The van der Waals surface area contributed by atoms with Crippen molar-refractivity contribution >= 4 is 10.0 Å².